The quantitative estimate of drug-likeness (QED) is 0.163. The summed E-state index contributed by atoms with van der Waals surface area (Å²) < 4.78 is 6.45. The Bertz CT molecular complexity index is 3230. The average molecular weight is 754 g/mol. The van der Waals surface area contributed by atoms with E-state index in [-0.39, 0.29) is 0 Å². The summed E-state index contributed by atoms with van der Waals surface area (Å²) >= 11 is 0. The highest BCUT2D eigenvalue weighted by atomic mass is 16.3. The predicted octanol–water partition coefficient (Wildman–Crippen LogP) is 14.6. The largest absolute Gasteiger partial charge is 0.455 e. The molecule has 276 valence electrons. The lowest BCUT2D eigenvalue weighted by molar-refractivity contribution is 0.672. The van der Waals surface area contributed by atoms with Crippen molar-refractivity contribution >= 4 is 32.7 Å². The van der Waals surface area contributed by atoms with Gasteiger partial charge in [-0.2, -0.15) is 0 Å². The van der Waals surface area contributed by atoms with E-state index in [0.29, 0.717) is 17.5 Å². The highest BCUT2D eigenvalue weighted by Crippen LogP contribution is 2.39. The molecule has 0 aliphatic rings. The number of furan rings is 1. The van der Waals surface area contributed by atoms with Crippen molar-refractivity contribution < 1.29 is 4.42 Å². The van der Waals surface area contributed by atoms with Crippen LogP contribution in [-0.4, -0.2) is 15.0 Å². The number of rotatable bonds is 7. The second-order valence-electron chi connectivity index (χ2n) is 14.8. The van der Waals surface area contributed by atoms with Crippen LogP contribution in [0.3, 0.4) is 0 Å². The first-order valence-electron chi connectivity index (χ1n) is 19.8. The molecule has 0 aliphatic carbocycles. The fourth-order valence-electron chi connectivity index (χ4n) is 8.13. The van der Waals surface area contributed by atoms with Gasteiger partial charge in [0, 0.05) is 32.8 Å². The van der Waals surface area contributed by atoms with Gasteiger partial charge in [-0.1, -0.05) is 182 Å². The molecule has 0 atom stereocenters. The molecular formula is C55H35N3O. The number of hydrogen-bond donors (Lipinski definition) is 0. The van der Waals surface area contributed by atoms with E-state index in [4.69, 9.17) is 19.4 Å². The molecule has 0 spiro atoms. The van der Waals surface area contributed by atoms with E-state index in [0.717, 1.165) is 71.7 Å². The zero-order valence-corrected chi connectivity index (χ0v) is 32.0. The third-order valence-electron chi connectivity index (χ3n) is 11.2. The lowest BCUT2D eigenvalue weighted by Crippen LogP contribution is -2.00. The maximum Gasteiger partial charge on any atom is 0.164 e. The maximum atomic E-state index is 6.45. The minimum atomic E-state index is 0.602. The summed E-state index contributed by atoms with van der Waals surface area (Å²) in [6, 6.07) is 74.1. The highest BCUT2D eigenvalue weighted by Gasteiger charge is 2.18. The minimum absolute atomic E-state index is 0.602. The van der Waals surface area contributed by atoms with Crippen LogP contribution < -0.4 is 0 Å². The van der Waals surface area contributed by atoms with Gasteiger partial charge in [0.15, 0.2) is 17.5 Å². The number of para-hydroxylation sites is 1. The van der Waals surface area contributed by atoms with Crippen molar-refractivity contribution in [2.45, 2.75) is 0 Å². The van der Waals surface area contributed by atoms with Gasteiger partial charge in [0.1, 0.15) is 11.2 Å². The normalized spacial score (nSPS) is 11.4. The van der Waals surface area contributed by atoms with E-state index in [2.05, 4.69) is 194 Å². The van der Waals surface area contributed by atoms with Crippen LogP contribution in [0.2, 0.25) is 0 Å². The second-order valence-corrected chi connectivity index (χ2v) is 14.8. The number of fused-ring (bicyclic) bond motifs is 5. The first-order chi connectivity index (χ1) is 29.2. The van der Waals surface area contributed by atoms with Crippen molar-refractivity contribution in [3.63, 3.8) is 0 Å². The van der Waals surface area contributed by atoms with Crippen molar-refractivity contribution in [1.29, 1.82) is 0 Å². The first kappa shape index (κ1) is 34.3. The molecule has 0 amide bonds. The van der Waals surface area contributed by atoms with Crippen molar-refractivity contribution in [3.05, 3.63) is 212 Å². The Kier molecular flexibility index (Phi) is 8.45. The van der Waals surface area contributed by atoms with Crippen molar-refractivity contribution in [2.24, 2.45) is 0 Å². The Morgan fingerprint density at radius 2 is 0.644 bits per heavy atom. The lowest BCUT2D eigenvalue weighted by Gasteiger charge is -2.13. The minimum Gasteiger partial charge on any atom is -0.455 e. The molecule has 0 bridgehead atoms. The molecule has 0 saturated carbocycles. The van der Waals surface area contributed by atoms with Gasteiger partial charge in [0.05, 0.1) is 0 Å². The number of nitrogens with zero attached hydrogens (tertiary/aromatic N) is 3. The smallest absolute Gasteiger partial charge is 0.164 e. The molecule has 0 unspecified atom stereocenters. The van der Waals surface area contributed by atoms with Crippen LogP contribution in [0.1, 0.15) is 0 Å². The fraction of sp³-hybridized carbons (Fsp3) is 0. The Labute approximate surface area is 341 Å². The van der Waals surface area contributed by atoms with Crippen LogP contribution in [0.25, 0.3) is 111 Å². The molecular weight excluding hydrogens is 719 g/mol. The zero-order valence-electron chi connectivity index (χ0n) is 32.0. The first-order valence-corrected chi connectivity index (χ1v) is 19.8. The molecule has 0 N–H and O–H groups in total. The van der Waals surface area contributed by atoms with Crippen molar-refractivity contribution in [2.75, 3.05) is 0 Å². The third kappa shape index (κ3) is 6.43. The SMILES string of the molecule is c1ccc(-c2ccc(-c3nc(-c4ccc(-c5cc(-c6ccccc6)cc(-c6ccccc6)c5)cc4)nc(-c4cccc5c4ccc4c6ccccc6oc54)n3)cc2)cc1. The van der Waals surface area contributed by atoms with Gasteiger partial charge < -0.3 is 4.42 Å². The second kappa shape index (κ2) is 14.5. The highest BCUT2D eigenvalue weighted by molar-refractivity contribution is 6.17. The van der Waals surface area contributed by atoms with Crippen LogP contribution in [0.5, 0.6) is 0 Å². The van der Waals surface area contributed by atoms with E-state index in [1.54, 1.807) is 0 Å². The molecule has 2 heterocycles. The predicted molar refractivity (Wildman–Crippen MR) is 243 cm³/mol. The molecule has 4 nitrogen and oxygen atoms in total. The van der Waals surface area contributed by atoms with Gasteiger partial charge in [-0.15, -0.1) is 0 Å². The Balaban J connectivity index is 1.04. The van der Waals surface area contributed by atoms with Crippen LogP contribution in [-0.2, 0) is 0 Å². The number of aromatic nitrogens is 3. The van der Waals surface area contributed by atoms with E-state index in [9.17, 15) is 0 Å². The molecule has 0 aliphatic heterocycles. The molecule has 9 aromatic carbocycles. The molecule has 59 heavy (non-hydrogen) atoms. The molecule has 11 rings (SSSR count). The summed E-state index contributed by atoms with van der Waals surface area (Å²) in [7, 11) is 0. The van der Waals surface area contributed by atoms with E-state index in [1.807, 2.05) is 18.2 Å². The third-order valence-corrected chi connectivity index (χ3v) is 11.2. The molecule has 0 saturated heterocycles. The number of hydrogen-bond acceptors (Lipinski definition) is 4. The maximum absolute atomic E-state index is 6.45. The summed E-state index contributed by atoms with van der Waals surface area (Å²) in [5.74, 6) is 1.82. The van der Waals surface area contributed by atoms with Gasteiger partial charge in [0.2, 0.25) is 0 Å². The van der Waals surface area contributed by atoms with Crippen LogP contribution in [0.15, 0.2) is 217 Å². The lowest BCUT2D eigenvalue weighted by atomic mass is 9.93. The Hall–Kier alpha value is -7.95. The van der Waals surface area contributed by atoms with Crippen molar-refractivity contribution in [1.82, 2.24) is 15.0 Å². The number of benzene rings is 9. The molecule has 2 aromatic heterocycles. The molecule has 0 radical (unpaired) electrons. The van der Waals surface area contributed by atoms with Crippen LogP contribution in [0, 0.1) is 0 Å². The Morgan fingerprint density at radius 1 is 0.254 bits per heavy atom. The van der Waals surface area contributed by atoms with Gasteiger partial charge >= 0.3 is 0 Å². The van der Waals surface area contributed by atoms with Crippen LogP contribution >= 0.6 is 0 Å². The monoisotopic (exact) mass is 753 g/mol. The van der Waals surface area contributed by atoms with Crippen LogP contribution in [0.4, 0.5) is 0 Å². The van der Waals surface area contributed by atoms with Gasteiger partial charge in [0.25, 0.3) is 0 Å². The summed E-state index contributed by atoms with van der Waals surface area (Å²) in [6.07, 6.45) is 0. The van der Waals surface area contributed by atoms with Gasteiger partial charge in [-0.3, -0.25) is 0 Å². The van der Waals surface area contributed by atoms with Crippen molar-refractivity contribution in [3.8, 4) is 78.7 Å². The summed E-state index contributed by atoms with van der Waals surface area (Å²) in [6.45, 7) is 0. The molecule has 0 fully saturated rings. The topological polar surface area (TPSA) is 51.8 Å². The zero-order chi connectivity index (χ0) is 39.1. The Morgan fingerprint density at radius 3 is 1.20 bits per heavy atom. The standard InChI is InChI=1S/C55H35N3O/c1-4-13-36(14-5-1)39-23-27-41(28-24-39)53-56-54(58-55(57-53)50-21-12-20-48-46(50)31-32-49-47-19-10-11-22-51(47)59-52(48)49)42-29-25-40(26-30-42)45-34-43(37-15-6-2-7-16-37)33-44(35-45)38-17-8-3-9-18-38/h1-35H. The van der Waals surface area contributed by atoms with Gasteiger partial charge in [-0.25, -0.2) is 15.0 Å². The molecule has 4 heteroatoms. The fourth-order valence-corrected chi connectivity index (χ4v) is 8.13. The summed E-state index contributed by atoms with van der Waals surface area (Å²) in [5, 5.41) is 4.23. The summed E-state index contributed by atoms with van der Waals surface area (Å²) in [5.41, 5.74) is 13.7. The van der Waals surface area contributed by atoms with E-state index in [1.165, 1.54) is 22.3 Å². The van der Waals surface area contributed by atoms with Gasteiger partial charge in [-0.05, 0) is 80.2 Å². The van der Waals surface area contributed by atoms with E-state index < -0.39 is 0 Å². The summed E-state index contributed by atoms with van der Waals surface area (Å²) in [4.78, 5) is 15.5. The average Bonchev–Trinajstić information content (AvgIpc) is 3.71. The van der Waals surface area contributed by atoms with E-state index >= 15 is 0 Å². The molecule has 11 aromatic rings.